The van der Waals surface area contributed by atoms with Crippen molar-refractivity contribution in [1.82, 2.24) is 9.21 Å². The Bertz CT molecular complexity index is 534. The van der Waals surface area contributed by atoms with Crippen LogP contribution in [0.5, 0.6) is 0 Å². The fourth-order valence-electron chi connectivity index (χ4n) is 2.54. The summed E-state index contributed by atoms with van der Waals surface area (Å²) in [5.41, 5.74) is 0. The highest BCUT2D eigenvalue weighted by Crippen LogP contribution is 2.26. The Hall–Kier alpha value is -0.470. The van der Waals surface area contributed by atoms with Crippen LogP contribution in [0.2, 0.25) is 0 Å². The van der Waals surface area contributed by atoms with Gasteiger partial charge >= 0.3 is 0 Å². The largest absolute Gasteiger partial charge is 0.391 e. The summed E-state index contributed by atoms with van der Waals surface area (Å²) in [5.74, 6) is 0. The van der Waals surface area contributed by atoms with Gasteiger partial charge in [0.1, 0.15) is 0 Å². The van der Waals surface area contributed by atoms with E-state index in [0.29, 0.717) is 9.77 Å². The van der Waals surface area contributed by atoms with Crippen LogP contribution in [0.1, 0.15) is 24.6 Å². The number of rotatable bonds is 5. The molecular formula is C13H22N2O3S2. The standard InChI is InChI=1S/C13H22N2O3S2/c1-3-15-6-4-11(5-7-15)14(2)20(17,18)13-8-12(9-16)19-10-13/h8,10-11,16H,3-7,9H2,1-2H3. The number of aliphatic hydroxyl groups excluding tert-OH is 1. The van der Waals surface area contributed by atoms with Crippen LogP contribution in [0.25, 0.3) is 0 Å². The van der Waals surface area contributed by atoms with Gasteiger partial charge in [0, 0.05) is 23.3 Å². The Morgan fingerprint density at radius 3 is 2.60 bits per heavy atom. The number of thiophene rings is 1. The zero-order valence-corrected chi connectivity index (χ0v) is 13.6. The first-order valence-corrected chi connectivity index (χ1v) is 9.19. The molecule has 1 aliphatic rings. The third kappa shape index (κ3) is 3.23. The van der Waals surface area contributed by atoms with Gasteiger partial charge in [-0.15, -0.1) is 11.3 Å². The van der Waals surface area contributed by atoms with Gasteiger partial charge in [-0.2, -0.15) is 4.31 Å². The second-order valence-electron chi connectivity index (χ2n) is 5.09. The van der Waals surface area contributed by atoms with Crippen molar-refractivity contribution in [2.75, 3.05) is 26.7 Å². The number of sulfonamides is 1. The van der Waals surface area contributed by atoms with E-state index in [0.717, 1.165) is 32.5 Å². The van der Waals surface area contributed by atoms with Crippen molar-refractivity contribution in [3.05, 3.63) is 16.3 Å². The van der Waals surface area contributed by atoms with Crippen LogP contribution < -0.4 is 0 Å². The first-order valence-electron chi connectivity index (χ1n) is 6.87. The van der Waals surface area contributed by atoms with Gasteiger partial charge < -0.3 is 10.0 Å². The molecule has 0 aromatic carbocycles. The predicted octanol–water partition coefficient (Wildman–Crippen LogP) is 1.35. The highest BCUT2D eigenvalue weighted by atomic mass is 32.2. The van der Waals surface area contributed by atoms with Crippen molar-refractivity contribution in [2.24, 2.45) is 0 Å². The zero-order chi connectivity index (χ0) is 14.8. The van der Waals surface area contributed by atoms with Crippen LogP contribution in [-0.4, -0.2) is 55.5 Å². The maximum Gasteiger partial charge on any atom is 0.243 e. The summed E-state index contributed by atoms with van der Waals surface area (Å²) in [6, 6.07) is 1.64. The highest BCUT2D eigenvalue weighted by Gasteiger charge is 2.31. The van der Waals surface area contributed by atoms with E-state index in [1.54, 1.807) is 18.5 Å². The molecule has 1 aromatic heterocycles. The maximum absolute atomic E-state index is 12.5. The van der Waals surface area contributed by atoms with Gasteiger partial charge in [0.2, 0.25) is 10.0 Å². The fourth-order valence-corrected chi connectivity index (χ4v) is 5.08. The van der Waals surface area contributed by atoms with E-state index in [9.17, 15) is 8.42 Å². The van der Waals surface area contributed by atoms with E-state index in [-0.39, 0.29) is 12.6 Å². The fraction of sp³-hybridized carbons (Fsp3) is 0.692. The smallest absolute Gasteiger partial charge is 0.243 e. The van der Waals surface area contributed by atoms with E-state index in [2.05, 4.69) is 11.8 Å². The lowest BCUT2D eigenvalue weighted by Gasteiger charge is -2.35. The topological polar surface area (TPSA) is 60.9 Å². The van der Waals surface area contributed by atoms with Crippen LogP contribution in [-0.2, 0) is 16.6 Å². The Morgan fingerprint density at radius 1 is 1.45 bits per heavy atom. The van der Waals surface area contributed by atoms with Crippen molar-refractivity contribution in [3.8, 4) is 0 Å². The third-order valence-electron chi connectivity index (χ3n) is 3.98. The summed E-state index contributed by atoms with van der Waals surface area (Å²) < 4.78 is 26.6. The number of hydrogen-bond acceptors (Lipinski definition) is 5. The van der Waals surface area contributed by atoms with E-state index >= 15 is 0 Å². The maximum atomic E-state index is 12.5. The molecule has 20 heavy (non-hydrogen) atoms. The molecule has 5 nitrogen and oxygen atoms in total. The Morgan fingerprint density at radius 2 is 2.10 bits per heavy atom. The quantitative estimate of drug-likeness (QED) is 0.890. The molecule has 1 aromatic rings. The molecule has 0 radical (unpaired) electrons. The van der Waals surface area contributed by atoms with Crippen LogP contribution in [0, 0.1) is 0 Å². The van der Waals surface area contributed by atoms with Crippen molar-refractivity contribution in [3.63, 3.8) is 0 Å². The molecule has 1 fully saturated rings. The average molecular weight is 318 g/mol. The number of nitrogens with zero attached hydrogens (tertiary/aromatic N) is 2. The number of hydrogen-bond donors (Lipinski definition) is 1. The number of piperidine rings is 1. The second kappa shape index (κ2) is 6.53. The summed E-state index contributed by atoms with van der Waals surface area (Å²) in [6.45, 7) is 4.94. The Labute approximate surface area is 124 Å². The Balaban J connectivity index is 2.09. The molecule has 0 spiro atoms. The molecule has 0 unspecified atom stereocenters. The summed E-state index contributed by atoms with van der Waals surface area (Å²) in [4.78, 5) is 3.32. The lowest BCUT2D eigenvalue weighted by atomic mass is 10.1. The van der Waals surface area contributed by atoms with Crippen molar-refractivity contribution >= 4 is 21.4 Å². The molecule has 1 N–H and O–H groups in total. The predicted molar refractivity (Wildman–Crippen MR) is 80.3 cm³/mol. The third-order valence-corrected chi connectivity index (χ3v) is 6.94. The van der Waals surface area contributed by atoms with Crippen LogP contribution in [0.4, 0.5) is 0 Å². The monoisotopic (exact) mass is 318 g/mol. The van der Waals surface area contributed by atoms with Gasteiger partial charge in [-0.1, -0.05) is 6.92 Å². The van der Waals surface area contributed by atoms with Crippen molar-refractivity contribution in [1.29, 1.82) is 0 Å². The molecule has 0 saturated carbocycles. The van der Waals surface area contributed by atoms with Gasteiger partial charge in [-0.05, 0) is 38.5 Å². The molecule has 1 saturated heterocycles. The summed E-state index contributed by atoms with van der Waals surface area (Å²) in [6.07, 6.45) is 1.75. The lowest BCUT2D eigenvalue weighted by molar-refractivity contribution is 0.176. The number of likely N-dealkylation sites (tertiary alicyclic amines) is 1. The van der Waals surface area contributed by atoms with Gasteiger partial charge in [0.15, 0.2) is 0 Å². The minimum atomic E-state index is -3.44. The molecule has 2 heterocycles. The molecule has 0 aliphatic carbocycles. The molecule has 114 valence electrons. The minimum absolute atomic E-state index is 0.0697. The zero-order valence-electron chi connectivity index (χ0n) is 11.9. The molecule has 1 aliphatic heterocycles. The van der Waals surface area contributed by atoms with E-state index in [1.807, 2.05) is 0 Å². The summed E-state index contributed by atoms with van der Waals surface area (Å²) in [7, 11) is -1.77. The highest BCUT2D eigenvalue weighted by molar-refractivity contribution is 7.89. The van der Waals surface area contributed by atoms with Crippen LogP contribution in [0.3, 0.4) is 0 Å². The van der Waals surface area contributed by atoms with Gasteiger partial charge in [0.25, 0.3) is 0 Å². The molecule has 7 heteroatoms. The molecule has 2 rings (SSSR count). The van der Waals surface area contributed by atoms with Crippen LogP contribution in [0.15, 0.2) is 16.3 Å². The minimum Gasteiger partial charge on any atom is -0.391 e. The molecular weight excluding hydrogens is 296 g/mol. The van der Waals surface area contributed by atoms with E-state index in [4.69, 9.17) is 5.11 Å². The van der Waals surface area contributed by atoms with E-state index < -0.39 is 10.0 Å². The van der Waals surface area contributed by atoms with E-state index in [1.165, 1.54) is 15.6 Å². The van der Waals surface area contributed by atoms with Gasteiger partial charge in [-0.25, -0.2) is 8.42 Å². The normalized spacial score (nSPS) is 18.8. The molecule has 0 amide bonds. The molecule has 0 bridgehead atoms. The van der Waals surface area contributed by atoms with Crippen molar-refractivity contribution in [2.45, 2.75) is 37.3 Å². The lowest BCUT2D eigenvalue weighted by Crippen LogP contribution is -2.45. The first-order chi connectivity index (χ1) is 9.48. The van der Waals surface area contributed by atoms with Crippen molar-refractivity contribution < 1.29 is 13.5 Å². The number of aliphatic hydroxyl groups is 1. The molecule has 0 atom stereocenters. The SMILES string of the molecule is CCN1CCC(N(C)S(=O)(=O)c2csc(CO)c2)CC1. The summed E-state index contributed by atoms with van der Waals surface area (Å²) >= 11 is 1.28. The second-order valence-corrected chi connectivity index (χ2v) is 8.09. The first kappa shape index (κ1) is 15.9. The van der Waals surface area contributed by atoms with Crippen LogP contribution >= 0.6 is 11.3 Å². The Kier molecular flexibility index (Phi) is 5.19. The van der Waals surface area contributed by atoms with Gasteiger partial charge in [0.05, 0.1) is 11.5 Å². The average Bonchev–Trinajstić information content (AvgIpc) is 2.96. The van der Waals surface area contributed by atoms with Gasteiger partial charge in [-0.3, -0.25) is 0 Å². The summed E-state index contributed by atoms with van der Waals surface area (Å²) in [5, 5.41) is 10.7.